The Bertz CT molecular complexity index is 1230. The number of aliphatic hydroxyl groups is 2. The van der Waals surface area contributed by atoms with Crippen LogP contribution in [0.2, 0.25) is 0 Å². The minimum atomic E-state index is -2.25. The highest BCUT2D eigenvalue weighted by Gasteiger charge is 2.63. The van der Waals surface area contributed by atoms with Gasteiger partial charge in [0.2, 0.25) is 6.29 Å². The van der Waals surface area contributed by atoms with Gasteiger partial charge in [-0.2, -0.15) is 0 Å². The predicted molar refractivity (Wildman–Crippen MR) is 114 cm³/mol. The summed E-state index contributed by atoms with van der Waals surface area (Å²) in [6.07, 6.45) is -2.20. The van der Waals surface area contributed by atoms with E-state index < -0.39 is 41.4 Å². The second-order valence-electron chi connectivity index (χ2n) is 8.74. The van der Waals surface area contributed by atoms with Crippen LogP contribution in [0.15, 0.2) is 28.3 Å². The predicted octanol–water partition coefficient (Wildman–Crippen LogP) is 1.36. The molecule has 5 atom stereocenters. The van der Waals surface area contributed by atoms with E-state index in [1.807, 2.05) is 6.92 Å². The molecule has 9 nitrogen and oxygen atoms in total. The van der Waals surface area contributed by atoms with Crippen LogP contribution in [-0.4, -0.2) is 53.5 Å². The molecule has 1 aromatic rings. The molecule has 3 heterocycles. The topological polar surface area (TPSA) is 129 Å². The van der Waals surface area contributed by atoms with Crippen molar-refractivity contribution in [2.24, 2.45) is 0 Å². The molecule has 0 aromatic heterocycles. The Morgan fingerprint density at radius 3 is 2.67 bits per heavy atom. The normalized spacial score (nSPS) is 31.3. The third-order valence-electron chi connectivity index (χ3n) is 6.65. The number of Topliss-reactive ketones (excluding diaryl/α,β-unsaturated/α-hetero) is 2. The third kappa shape index (κ3) is 2.77. The number of methoxy groups -OCH3 is 1. The van der Waals surface area contributed by atoms with Crippen LogP contribution in [0.1, 0.15) is 55.1 Å². The number of carbonyl (C=O) groups is 2. The molecule has 1 aliphatic carbocycles. The Morgan fingerprint density at radius 2 is 2.00 bits per heavy atom. The average molecular weight is 456 g/mol. The summed E-state index contributed by atoms with van der Waals surface area (Å²) in [6.45, 7) is 5.13. The number of ketones is 2. The van der Waals surface area contributed by atoms with Crippen molar-refractivity contribution >= 4 is 17.1 Å². The smallest absolute Gasteiger partial charge is 0.236 e. The fourth-order valence-corrected chi connectivity index (χ4v) is 5.15. The van der Waals surface area contributed by atoms with Gasteiger partial charge in [0, 0.05) is 30.2 Å². The van der Waals surface area contributed by atoms with Gasteiger partial charge in [0.25, 0.3) is 0 Å². The van der Waals surface area contributed by atoms with Gasteiger partial charge in [-0.25, -0.2) is 0 Å². The number of allylic oxidation sites excluding steroid dienone is 4. The van der Waals surface area contributed by atoms with Gasteiger partial charge in [0.15, 0.2) is 34.1 Å². The second kappa shape index (κ2) is 7.33. The number of aliphatic hydroxyl groups excluding tert-OH is 1. The van der Waals surface area contributed by atoms with E-state index in [1.54, 1.807) is 19.9 Å². The number of rotatable bonds is 4. The van der Waals surface area contributed by atoms with Gasteiger partial charge in [-0.3, -0.25) is 14.4 Å². The molecule has 3 aliphatic heterocycles. The SMILES string of the molecule is CCCC(=O)C1=C2C=C(C)Oc3c4c(c(=O)cc(c32)C1=O)[C@]1(O)[C@H](O4)O[C@H](C)[C@@H](OC)[C@H]1O. The monoisotopic (exact) mass is 456 g/mol. The van der Waals surface area contributed by atoms with Crippen molar-refractivity contribution < 1.29 is 38.7 Å². The molecular formula is C24H24O9. The van der Waals surface area contributed by atoms with Crippen LogP contribution in [0.25, 0.3) is 5.57 Å². The Kier molecular flexibility index (Phi) is 4.88. The molecule has 0 bridgehead atoms. The summed E-state index contributed by atoms with van der Waals surface area (Å²) in [5, 5.41) is 22.6. The van der Waals surface area contributed by atoms with Gasteiger partial charge in [-0.05, 0) is 32.4 Å². The van der Waals surface area contributed by atoms with Crippen molar-refractivity contribution in [3.8, 4) is 11.5 Å². The summed E-state index contributed by atoms with van der Waals surface area (Å²) in [7, 11) is 1.36. The van der Waals surface area contributed by atoms with E-state index in [2.05, 4.69) is 0 Å². The lowest BCUT2D eigenvalue weighted by Crippen LogP contribution is -2.63. The van der Waals surface area contributed by atoms with E-state index in [4.69, 9.17) is 18.9 Å². The third-order valence-corrected chi connectivity index (χ3v) is 6.65. The highest BCUT2D eigenvalue weighted by molar-refractivity contribution is 6.36. The van der Waals surface area contributed by atoms with Crippen LogP contribution in [0.3, 0.4) is 0 Å². The number of carbonyl (C=O) groups excluding carboxylic acids is 2. The maximum Gasteiger partial charge on any atom is 0.236 e. The van der Waals surface area contributed by atoms with Crippen molar-refractivity contribution in [2.45, 2.75) is 63.8 Å². The number of ether oxygens (including phenoxy) is 4. The first-order valence-electron chi connectivity index (χ1n) is 10.8. The van der Waals surface area contributed by atoms with Gasteiger partial charge < -0.3 is 29.2 Å². The summed E-state index contributed by atoms with van der Waals surface area (Å²) in [6, 6.07) is 1.07. The summed E-state index contributed by atoms with van der Waals surface area (Å²) < 4.78 is 22.8. The molecule has 174 valence electrons. The zero-order valence-corrected chi connectivity index (χ0v) is 18.6. The standard InChI is InChI=1S/C24H24O9/c1-5-6-13(25)16-11-7-9(2)31-20-15(11)12(18(16)27)8-14(26)17-21(20)33-23-24(17,29)22(28)19(30-4)10(3)32-23/h7-8,10,19,22-23,28-29H,5-6H2,1-4H3/t10-,19-,22-,23+,24-/m1/s1. The van der Waals surface area contributed by atoms with Gasteiger partial charge >= 0.3 is 0 Å². The lowest BCUT2D eigenvalue weighted by atomic mass is 9.82. The van der Waals surface area contributed by atoms with Crippen molar-refractivity contribution in [2.75, 3.05) is 7.11 Å². The number of hydrogen-bond acceptors (Lipinski definition) is 9. The Balaban J connectivity index is 1.81. The van der Waals surface area contributed by atoms with Crippen LogP contribution < -0.4 is 14.9 Å². The minimum Gasteiger partial charge on any atom is -0.457 e. The fraction of sp³-hybridized carbons (Fsp3) is 0.458. The first-order chi connectivity index (χ1) is 15.6. The highest BCUT2D eigenvalue weighted by Crippen LogP contribution is 2.55. The first kappa shape index (κ1) is 22.0. The average Bonchev–Trinajstić information content (AvgIpc) is 3.15. The van der Waals surface area contributed by atoms with Crippen molar-refractivity contribution in [3.05, 3.63) is 50.4 Å². The van der Waals surface area contributed by atoms with E-state index in [9.17, 15) is 24.6 Å². The van der Waals surface area contributed by atoms with E-state index in [-0.39, 0.29) is 46.0 Å². The summed E-state index contributed by atoms with van der Waals surface area (Å²) >= 11 is 0. The molecule has 33 heavy (non-hydrogen) atoms. The van der Waals surface area contributed by atoms with Crippen molar-refractivity contribution in [1.29, 1.82) is 0 Å². The molecule has 1 fully saturated rings. The van der Waals surface area contributed by atoms with E-state index >= 15 is 0 Å². The molecule has 2 N–H and O–H groups in total. The molecule has 1 aromatic carbocycles. The Hall–Kier alpha value is -2.85. The maximum absolute atomic E-state index is 13.4. The molecule has 0 radical (unpaired) electrons. The van der Waals surface area contributed by atoms with Crippen molar-refractivity contribution in [1.82, 2.24) is 0 Å². The maximum atomic E-state index is 13.4. The molecular weight excluding hydrogens is 432 g/mol. The van der Waals surface area contributed by atoms with Crippen LogP contribution in [0, 0.1) is 0 Å². The van der Waals surface area contributed by atoms with Crippen LogP contribution >= 0.6 is 0 Å². The van der Waals surface area contributed by atoms with Gasteiger partial charge in [-0.15, -0.1) is 0 Å². The van der Waals surface area contributed by atoms with Gasteiger partial charge in [0.05, 0.1) is 17.2 Å². The fourth-order valence-electron chi connectivity index (χ4n) is 5.15. The lowest BCUT2D eigenvalue weighted by molar-refractivity contribution is -0.310. The first-order valence-corrected chi connectivity index (χ1v) is 10.8. The molecule has 0 amide bonds. The summed E-state index contributed by atoms with van der Waals surface area (Å²) in [5.74, 6) is -0.618. The second-order valence-corrected chi connectivity index (χ2v) is 8.74. The zero-order valence-electron chi connectivity index (χ0n) is 18.6. The molecule has 4 aliphatic rings. The lowest BCUT2D eigenvalue weighted by Gasteiger charge is -2.44. The summed E-state index contributed by atoms with van der Waals surface area (Å²) in [4.78, 5) is 39.4. The summed E-state index contributed by atoms with van der Waals surface area (Å²) in [5.41, 5.74) is -2.65. The Morgan fingerprint density at radius 1 is 1.27 bits per heavy atom. The molecule has 0 unspecified atom stereocenters. The largest absolute Gasteiger partial charge is 0.457 e. The highest BCUT2D eigenvalue weighted by atomic mass is 16.7. The van der Waals surface area contributed by atoms with E-state index in [0.717, 1.165) is 6.07 Å². The molecule has 1 saturated heterocycles. The quantitative estimate of drug-likeness (QED) is 0.645. The molecule has 5 rings (SSSR count). The van der Waals surface area contributed by atoms with Crippen molar-refractivity contribution in [3.63, 3.8) is 0 Å². The van der Waals surface area contributed by atoms with E-state index in [1.165, 1.54) is 7.11 Å². The van der Waals surface area contributed by atoms with Gasteiger partial charge in [0.1, 0.15) is 18.0 Å². The van der Waals surface area contributed by atoms with Crippen LogP contribution in [0.5, 0.6) is 11.5 Å². The minimum absolute atomic E-state index is 0.00534. The number of hydrogen-bond donors (Lipinski definition) is 2. The molecule has 9 heteroatoms. The zero-order chi connectivity index (χ0) is 23.8. The Labute approximate surface area is 189 Å². The van der Waals surface area contributed by atoms with Crippen LogP contribution in [-0.2, 0) is 19.9 Å². The molecule has 0 saturated carbocycles. The van der Waals surface area contributed by atoms with Crippen LogP contribution in [0.4, 0.5) is 0 Å². The van der Waals surface area contributed by atoms with Gasteiger partial charge in [-0.1, -0.05) is 6.92 Å². The van der Waals surface area contributed by atoms with E-state index in [0.29, 0.717) is 17.8 Å². The molecule has 0 spiro atoms. The number of fused-ring (bicyclic) bond motifs is 4.